The van der Waals surface area contributed by atoms with Gasteiger partial charge in [0.2, 0.25) is 0 Å². The van der Waals surface area contributed by atoms with E-state index in [1.54, 1.807) is 24.3 Å². The van der Waals surface area contributed by atoms with Crippen LogP contribution in [0.2, 0.25) is 0 Å². The van der Waals surface area contributed by atoms with Crippen LogP contribution in [0.4, 0.5) is 8.78 Å². The Morgan fingerprint density at radius 1 is 1.00 bits per heavy atom. The van der Waals surface area contributed by atoms with Crippen molar-refractivity contribution in [3.8, 4) is 11.8 Å². The van der Waals surface area contributed by atoms with Crippen molar-refractivity contribution in [2.45, 2.75) is 6.61 Å². The zero-order valence-corrected chi connectivity index (χ0v) is 11.2. The molecule has 0 aromatic heterocycles. The molecule has 0 spiro atoms. The molecule has 0 radical (unpaired) electrons. The van der Waals surface area contributed by atoms with Crippen molar-refractivity contribution in [3.63, 3.8) is 0 Å². The molecule has 0 aliphatic carbocycles. The first-order valence-electron chi connectivity index (χ1n) is 6.34. The van der Waals surface area contributed by atoms with Gasteiger partial charge in [-0.15, -0.1) is 0 Å². The minimum absolute atomic E-state index is 0.0295. The molecule has 5 heteroatoms. The van der Waals surface area contributed by atoms with Crippen LogP contribution in [0.5, 0.6) is 5.75 Å². The smallest absolute Gasteiger partial charge is 0.144 e. The number of rotatable bonds is 6. The lowest BCUT2D eigenvalue weighted by Crippen LogP contribution is -2.07. The summed E-state index contributed by atoms with van der Waals surface area (Å²) >= 11 is 0. The summed E-state index contributed by atoms with van der Waals surface area (Å²) in [6, 6.07) is 12.1. The van der Waals surface area contributed by atoms with Gasteiger partial charge in [-0.25, -0.2) is 8.78 Å². The van der Waals surface area contributed by atoms with Crippen LogP contribution in [-0.2, 0) is 11.3 Å². The maximum atomic E-state index is 13.3. The molecule has 0 aliphatic rings. The van der Waals surface area contributed by atoms with Gasteiger partial charge < -0.3 is 9.47 Å². The molecule has 2 rings (SSSR count). The van der Waals surface area contributed by atoms with E-state index in [4.69, 9.17) is 14.7 Å². The molecule has 0 bridgehead atoms. The molecule has 0 amide bonds. The minimum Gasteiger partial charge on any atom is -0.491 e. The second kappa shape index (κ2) is 7.36. The Labute approximate surface area is 121 Å². The van der Waals surface area contributed by atoms with Crippen LogP contribution >= 0.6 is 0 Å². The number of ether oxygens (including phenoxy) is 2. The van der Waals surface area contributed by atoms with E-state index >= 15 is 0 Å². The van der Waals surface area contributed by atoms with Gasteiger partial charge in [-0.05, 0) is 18.2 Å². The molecular weight excluding hydrogens is 276 g/mol. The fraction of sp³-hybridized carbons (Fsp3) is 0.188. The number of halogens is 2. The van der Waals surface area contributed by atoms with Gasteiger partial charge in [-0.3, -0.25) is 0 Å². The lowest BCUT2D eigenvalue weighted by atomic mass is 10.2. The molecule has 0 fully saturated rings. The van der Waals surface area contributed by atoms with Gasteiger partial charge in [-0.2, -0.15) is 5.26 Å². The van der Waals surface area contributed by atoms with Gasteiger partial charge in [0.05, 0.1) is 18.8 Å². The van der Waals surface area contributed by atoms with Crippen LogP contribution in [0.1, 0.15) is 11.1 Å². The summed E-state index contributed by atoms with van der Waals surface area (Å²) in [5.74, 6) is -0.615. The largest absolute Gasteiger partial charge is 0.491 e. The fourth-order valence-electron chi connectivity index (χ4n) is 1.69. The summed E-state index contributed by atoms with van der Waals surface area (Å²) in [6.45, 7) is 0.605. The fourth-order valence-corrected chi connectivity index (χ4v) is 1.69. The van der Waals surface area contributed by atoms with Gasteiger partial charge in [0.25, 0.3) is 0 Å². The third kappa shape index (κ3) is 4.26. The number of benzene rings is 2. The summed E-state index contributed by atoms with van der Waals surface area (Å²) in [4.78, 5) is 0. The molecule has 0 heterocycles. The van der Waals surface area contributed by atoms with E-state index in [1.165, 1.54) is 18.2 Å². The van der Waals surface area contributed by atoms with E-state index < -0.39 is 5.82 Å². The summed E-state index contributed by atoms with van der Waals surface area (Å²) in [5.41, 5.74) is 0.445. The molecule has 2 aromatic carbocycles. The highest BCUT2D eigenvalue weighted by molar-refractivity contribution is 5.36. The predicted octanol–water partition coefficient (Wildman–Crippen LogP) is 3.43. The third-order valence-electron chi connectivity index (χ3n) is 2.77. The van der Waals surface area contributed by atoms with Crippen molar-refractivity contribution in [3.05, 3.63) is 65.2 Å². The first-order valence-corrected chi connectivity index (χ1v) is 6.34. The topological polar surface area (TPSA) is 42.2 Å². The predicted molar refractivity (Wildman–Crippen MR) is 72.7 cm³/mol. The Kier molecular flexibility index (Phi) is 5.24. The molecule has 108 valence electrons. The minimum atomic E-state index is -0.623. The van der Waals surface area contributed by atoms with Crippen molar-refractivity contribution in [1.82, 2.24) is 0 Å². The van der Waals surface area contributed by atoms with Gasteiger partial charge in [0, 0.05) is 11.6 Å². The zero-order valence-electron chi connectivity index (χ0n) is 11.2. The average molecular weight is 289 g/mol. The number of hydrogen-bond acceptors (Lipinski definition) is 3. The van der Waals surface area contributed by atoms with Crippen LogP contribution in [0, 0.1) is 23.0 Å². The quantitative estimate of drug-likeness (QED) is 0.765. The van der Waals surface area contributed by atoms with E-state index in [0.29, 0.717) is 11.3 Å². The third-order valence-corrected chi connectivity index (χ3v) is 2.77. The second-order valence-electron chi connectivity index (χ2n) is 4.25. The molecule has 0 saturated heterocycles. The molecule has 0 aliphatic heterocycles. The zero-order chi connectivity index (χ0) is 15.1. The van der Waals surface area contributed by atoms with Crippen molar-refractivity contribution < 1.29 is 18.3 Å². The van der Waals surface area contributed by atoms with E-state index in [0.717, 1.165) is 6.07 Å². The van der Waals surface area contributed by atoms with Crippen LogP contribution < -0.4 is 4.74 Å². The summed E-state index contributed by atoms with van der Waals surface area (Å²) in [7, 11) is 0. The van der Waals surface area contributed by atoms with Crippen LogP contribution in [-0.4, -0.2) is 13.2 Å². The average Bonchev–Trinajstić information content (AvgIpc) is 2.49. The summed E-state index contributed by atoms with van der Waals surface area (Å²) in [5, 5.41) is 8.60. The Morgan fingerprint density at radius 3 is 2.52 bits per heavy atom. The molecular formula is C16H13F2NO2. The van der Waals surface area contributed by atoms with Gasteiger partial charge >= 0.3 is 0 Å². The Balaban J connectivity index is 1.74. The van der Waals surface area contributed by atoms with Gasteiger partial charge in [0.1, 0.15) is 30.1 Å². The molecule has 2 aromatic rings. The van der Waals surface area contributed by atoms with Crippen molar-refractivity contribution in [1.29, 1.82) is 5.26 Å². The van der Waals surface area contributed by atoms with Gasteiger partial charge in [0.15, 0.2) is 0 Å². The van der Waals surface area contributed by atoms with Crippen LogP contribution in [0.3, 0.4) is 0 Å². The highest BCUT2D eigenvalue weighted by atomic mass is 19.1. The standard InChI is InChI=1S/C16H13F2NO2/c17-15-4-2-1-3-13(15)11-20-7-8-21-14-6-5-12(10-19)16(18)9-14/h1-6,9H,7-8,11H2. The maximum absolute atomic E-state index is 13.3. The van der Waals surface area contributed by atoms with E-state index in [-0.39, 0.29) is 31.2 Å². The lowest BCUT2D eigenvalue weighted by molar-refractivity contribution is 0.0871. The molecule has 21 heavy (non-hydrogen) atoms. The second-order valence-corrected chi connectivity index (χ2v) is 4.25. The lowest BCUT2D eigenvalue weighted by Gasteiger charge is -2.08. The van der Waals surface area contributed by atoms with Crippen molar-refractivity contribution >= 4 is 0 Å². The first-order chi connectivity index (χ1) is 10.2. The first kappa shape index (κ1) is 14.9. The number of nitriles is 1. The highest BCUT2D eigenvalue weighted by Crippen LogP contribution is 2.16. The molecule has 0 unspecified atom stereocenters. The Morgan fingerprint density at radius 2 is 1.81 bits per heavy atom. The summed E-state index contributed by atoms with van der Waals surface area (Å²) < 4.78 is 37.2. The maximum Gasteiger partial charge on any atom is 0.144 e. The van der Waals surface area contributed by atoms with Crippen LogP contribution in [0.15, 0.2) is 42.5 Å². The molecule has 0 saturated carbocycles. The SMILES string of the molecule is N#Cc1ccc(OCCOCc2ccccc2F)cc1F. The monoisotopic (exact) mass is 289 g/mol. The number of hydrogen-bond donors (Lipinski definition) is 0. The molecule has 0 atom stereocenters. The molecule has 0 N–H and O–H groups in total. The van der Waals surface area contributed by atoms with Gasteiger partial charge in [-0.1, -0.05) is 18.2 Å². The number of nitrogens with zero attached hydrogens (tertiary/aromatic N) is 1. The normalized spacial score (nSPS) is 10.1. The Hall–Kier alpha value is -2.45. The summed E-state index contributed by atoms with van der Waals surface area (Å²) in [6.07, 6.45) is 0. The van der Waals surface area contributed by atoms with Crippen LogP contribution in [0.25, 0.3) is 0 Å². The Bertz CT molecular complexity index is 653. The van der Waals surface area contributed by atoms with E-state index in [9.17, 15) is 8.78 Å². The molecule has 3 nitrogen and oxygen atoms in total. The highest BCUT2D eigenvalue weighted by Gasteiger charge is 2.04. The van der Waals surface area contributed by atoms with E-state index in [2.05, 4.69) is 0 Å². The van der Waals surface area contributed by atoms with E-state index in [1.807, 2.05) is 0 Å². The van der Waals surface area contributed by atoms with Crippen molar-refractivity contribution in [2.75, 3.05) is 13.2 Å². The van der Waals surface area contributed by atoms with Crippen molar-refractivity contribution in [2.24, 2.45) is 0 Å².